The van der Waals surface area contributed by atoms with Gasteiger partial charge in [0, 0.05) is 25.2 Å². The van der Waals surface area contributed by atoms with E-state index < -0.39 is 10.0 Å². The number of sulfonamides is 1. The molecular formula is C19H22N2O5S2. The fraction of sp³-hybridized carbons (Fsp3) is 0.421. The number of carbonyl (C=O) groups is 1. The third-order valence-corrected chi connectivity index (χ3v) is 7.74. The van der Waals surface area contributed by atoms with Crippen LogP contribution in [0, 0.1) is 5.92 Å². The van der Waals surface area contributed by atoms with Crippen molar-refractivity contribution in [3.63, 3.8) is 0 Å². The standard InChI is InChI=1S/C19H22N2O5S2/c22-19(15-5-6-16-17(11-15)26-9-8-25-16)21-7-1-3-14(13-21)12-20-28(23,24)18-4-2-10-27-18/h2,4-6,10-11,14,20H,1,3,7-9,12-13H2. The molecule has 0 radical (unpaired) electrons. The van der Waals surface area contributed by atoms with Gasteiger partial charge in [0.15, 0.2) is 11.5 Å². The summed E-state index contributed by atoms with van der Waals surface area (Å²) in [4.78, 5) is 14.7. The number of rotatable bonds is 5. The zero-order chi connectivity index (χ0) is 19.6. The summed E-state index contributed by atoms with van der Waals surface area (Å²) in [7, 11) is -3.48. The first kappa shape index (κ1) is 19.2. The molecule has 1 unspecified atom stereocenters. The number of ether oxygens (including phenoxy) is 2. The second kappa shape index (κ2) is 8.10. The lowest BCUT2D eigenvalue weighted by molar-refractivity contribution is 0.0675. The topological polar surface area (TPSA) is 84.9 Å². The minimum Gasteiger partial charge on any atom is -0.486 e. The van der Waals surface area contributed by atoms with Gasteiger partial charge in [0.1, 0.15) is 17.4 Å². The number of likely N-dealkylation sites (tertiary alicyclic amines) is 1. The fourth-order valence-electron chi connectivity index (χ4n) is 3.49. The normalized spacial score (nSPS) is 19.4. The maximum absolute atomic E-state index is 12.9. The van der Waals surface area contributed by atoms with E-state index in [0.29, 0.717) is 54.1 Å². The van der Waals surface area contributed by atoms with Crippen molar-refractivity contribution in [2.75, 3.05) is 32.8 Å². The third kappa shape index (κ3) is 4.16. The van der Waals surface area contributed by atoms with Crippen molar-refractivity contribution < 1.29 is 22.7 Å². The molecule has 7 nitrogen and oxygen atoms in total. The van der Waals surface area contributed by atoms with Crippen molar-refractivity contribution in [1.29, 1.82) is 0 Å². The number of hydrogen-bond donors (Lipinski definition) is 1. The van der Waals surface area contributed by atoms with E-state index >= 15 is 0 Å². The number of fused-ring (bicyclic) bond motifs is 1. The molecule has 1 N–H and O–H groups in total. The maximum Gasteiger partial charge on any atom is 0.254 e. The quantitative estimate of drug-likeness (QED) is 0.800. The SMILES string of the molecule is O=C(c1ccc2c(c1)OCCO2)N1CCCC(CNS(=O)(=O)c2cccs2)C1. The maximum atomic E-state index is 12.9. The van der Waals surface area contributed by atoms with Gasteiger partial charge in [-0.05, 0) is 48.4 Å². The number of amides is 1. The van der Waals surface area contributed by atoms with Crippen molar-refractivity contribution in [3.05, 3.63) is 41.3 Å². The number of nitrogens with one attached hydrogen (secondary N) is 1. The average Bonchev–Trinajstić information content (AvgIpc) is 3.28. The summed E-state index contributed by atoms with van der Waals surface area (Å²) in [6.45, 7) is 2.50. The molecule has 4 rings (SSSR count). The molecule has 0 aliphatic carbocycles. The molecule has 0 bridgehead atoms. The molecule has 1 aromatic carbocycles. The number of piperidine rings is 1. The van der Waals surface area contributed by atoms with Crippen LogP contribution in [0.15, 0.2) is 39.9 Å². The molecule has 1 aromatic heterocycles. The number of thiophene rings is 1. The van der Waals surface area contributed by atoms with Gasteiger partial charge >= 0.3 is 0 Å². The van der Waals surface area contributed by atoms with E-state index in [4.69, 9.17) is 9.47 Å². The van der Waals surface area contributed by atoms with E-state index in [0.717, 1.165) is 12.8 Å². The van der Waals surface area contributed by atoms with Gasteiger partial charge in [-0.3, -0.25) is 4.79 Å². The number of hydrogen-bond acceptors (Lipinski definition) is 6. The summed E-state index contributed by atoms with van der Waals surface area (Å²) in [5.41, 5.74) is 0.559. The van der Waals surface area contributed by atoms with E-state index in [2.05, 4.69) is 4.72 Å². The van der Waals surface area contributed by atoms with Crippen LogP contribution in [0.2, 0.25) is 0 Å². The average molecular weight is 423 g/mol. The Hall–Kier alpha value is -2.10. The predicted molar refractivity (Wildman–Crippen MR) is 106 cm³/mol. The van der Waals surface area contributed by atoms with Gasteiger partial charge < -0.3 is 14.4 Å². The summed E-state index contributed by atoms with van der Waals surface area (Å²) >= 11 is 1.19. The van der Waals surface area contributed by atoms with Crippen LogP contribution < -0.4 is 14.2 Å². The van der Waals surface area contributed by atoms with Gasteiger partial charge in [-0.15, -0.1) is 11.3 Å². The van der Waals surface area contributed by atoms with Gasteiger partial charge in [-0.25, -0.2) is 13.1 Å². The first-order chi connectivity index (χ1) is 13.5. The molecule has 150 valence electrons. The summed E-state index contributed by atoms with van der Waals surface area (Å²) in [6, 6.07) is 8.54. The molecule has 1 amide bonds. The van der Waals surface area contributed by atoms with Crippen LogP contribution in [-0.2, 0) is 10.0 Å². The smallest absolute Gasteiger partial charge is 0.254 e. The molecule has 1 atom stereocenters. The van der Waals surface area contributed by atoms with E-state index in [9.17, 15) is 13.2 Å². The highest BCUT2D eigenvalue weighted by molar-refractivity contribution is 7.91. The van der Waals surface area contributed by atoms with E-state index in [1.807, 2.05) is 0 Å². The largest absolute Gasteiger partial charge is 0.486 e. The first-order valence-electron chi connectivity index (χ1n) is 9.25. The van der Waals surface area contributed by atoms with Crippen LogP contribution in [0.5, 0.6) is 11.5 Å². The van der Waals surface area contributed by atoms with Gasteiger partial charge in [0.2, 0.25) is 10.0 Å². The highest BCUT2D eigenvalue weighted by atomic mass is 32.2. The molecule has 28 heavy (non-hydrogen) atoms. The molecule has 0 spiro atoms. The van der Waals surface area contributed by atoms with Gasteiger partial charge in [-0.1, -0.05) is 6.07 Å². The minimum absolute atomic E-state index is 0.0669. The zero-order valence-corrected chi connectivity index (χ0v) is 16.9. The lowest BCUT2D eigenvalue weighted by Crippen LogP contribution is -2.43. The Morgan fingerprint density at radius 1 is 1.21 bits per heavy atom. The Balaban J connectivity index is 1.39. The molecule has 1 saturated heterocycles. The molecule has 1 fully saturated rings. The fourth-order valence-corrected chi connectivity index (χ4v) is 5.64. The Kier molecular flexibility index (Phi) is 5.56. The van der Waals surface area contributed by atoms with Crippen LogP contribution in [0.25, 0.3) is 0 Å². The Morgan fingerprint density at radius 2 is 2.04 bits per heavy atom. The van der Waals surface area contributed by atoms with Crippen LogP contribution in [0.4, 0.5) is 0 Å². The summed E-state index contributed by atoms with van der Waals surface area (Å²) in [6.07, 6.45) is 1.74. The zero-order valence-electron chi connectivity index (χ0n) is 15.3. The summed E-state index contributed by atoms with van der Waals surface area (Å²) in [5, 5.41) is 1.74. The molecular weight excluding hydrogens is 400 g/mol. The minimum atomic E-state index is -3.48. The molecule has 0 saturated carbocycles. The number of benzene rings is 1. The second-order valence-corrected chi connectivity index (χ2v) is 9.84. The lowest BCUT2D eigenvalue weighted by atomic mass is 9.97. The van der Waals surface area contributed by atoms with E-state index in [1.54, 1.807) is 40.6 Å². The highest BCUT2D eigenvalue weighted by Crippen LogP contribution is 2.31. The van der Waals surface area contributed by atoms with E-state index in [1.165, 1.54) is 11.3 Å². The second-order valence-electron chi connectivity index (χ2n) is 6.90. The third-order valence-electron chi connectivity index (χ3n) is 4.92. The monoisotopic (exact) mass is 422 g/mol. The van der Waals surface area contributed by atoms with Crippen molar-refractivity contribution in [2.45, 2.75) is 17.1 Å². The van der Waals surface area contributed by atoms with Crippen molar-refractivity contribution in [1.82, 2.24) is 9.62 Å². The molecule has 9 heteroatoms. The van der Waals surface area contributed by atoms with Crippen LogP contribution in [0.1, 0.15) is 23.2 Å². The number of carbonyl (C=O) groups excluding carboxylic acids is 1. The predicted octanol–water partition coefficient (Wildman–Crippen LogP) is 2.35. The Morgan fingerprint density at radius 3 is 2.82 bits per heavy atom. The van der Waals surface area contributed by atoms with Crippen molar-refractivity contribution in [2.24, 2.45) is 5.92 Å². The molecule has 3 heterocycles. The Labute approximate surface area is 168 Å². The van der Waals surface area contributed by atoms with Crippen molar-refractivity contribution in [3.8, 4) is 11.5 Å². The van der Waals surface area contributed by atoms with Gasteiger partial charge in [0.25, 0.3) is 5.91 Å². The summed E-state index contributed by atoms with van der Waals surface area (Å²) < 4.78 is 38.7. The molecule has 2 aliphatic heterocycles. The molecule has 2 aliphatic rings. The first-order valence-corrected chi connectivity index (χ1v) is 11.6. The summed E-state index contributed by atoms with van der Waals surface area (Å²) in [5.74, 6) is 1.27. The van der Waals surface area contributed by atoms with Crippen molar-refractivity contribution >= 4 is 27.3 Å². The van der Waals surface area contributed by atoms with Crippen LogP contribution in [0.3, 0.4) is 0 Å². The van der Waals surface area contributed by atoms with Crippen LogP contribution in [-0.4, -0.2) is 52.1 Å². The highest BCUT2D eigenvalue weighted by Gasteiger charge is 2.27. The number of nitrogens with zero attached hydrogens (tertiary/aromatic N) is 1. The van der Waals surface area contributed by atoms with Gasteiger partial charge in [-0.2, -0.15) is 0 Å². The lowest BCUT2D eigenvalue weighted by Gasteiger charge is -2.33. The van der Waals surface area contributed by atoms with Crippen LogP contribution >= 0.6 is 11.3 Å². The van der Waals surface area contributed by atoms with E-state index in [-0.39, 0.29) is 11.8 Å². The van der Waals surface area contributed by atoms with Gasteiger partial charge in [0.05, 0.1) is 0 Å². The molecule has 2 aromatic rings. The Bertz CT molecular complexity index is 943.